The molecule has 2 N–H and O–H groups in total. The molecule has 4 nitrogen and oxygen atoms in total. The number of hydrogen-bond acceptors (Lipinski definition) is 4. The molecular weight excluding hydrogens is 388 g/mol. The predicted molar refractivity (Wildman–Crippen MR) is 122 cm³/mol. The molecule has 28 heavy (non-hydrogen) atoms. The second-order valence-corrected chi connectivity index (χ2v) is 9.04. The Labute approximate surface area is 176 Å². The number of hydrogen-bond donors (Lipinski definition) is 2. The van der Waals surface area contributed by atoms with Crippen molar-refractivity contribution in [2.75, 3.05) is 17.7 Å². The van der Waals surface area contributed by atoms with Gasteiger partial charge in [-0.2, -0.15) is 0 Å². The van der Waals surface area contributed by atoms with E-state index in [2.05, 4.69) is 37.5 Å². The van der Waals surface area contributed by atoms with Crippen LogP contribution in [0.1, 0.15) is 65.9 Å². The number of ether oxygens (including phenoxy) is 1. The first-order valence-corrected chi connectivity index (χ1v) is 11.1. The molecule has 1 aromatic carbocycles. The minimum atomic E-state index is -0.294. The summed E-state index contributed by atoms with van der Waals surface area (Å²) < 4.78 is 5.06. The fourth-order valence-corrected chi connectivity index (χ4v) is 5.35. The van der Waals surface area contributed by atoms with Gasteiger partial charge < -0.3 is 15.4 Å². The van der Waals surface area contributed by atoms with E-state index in [0.29, 0.717) is 22.5 Å². The van der Waals surface area contributed by atoms with E-state index in [4.69, 9.17) is 17.0 Å². The molecule has 2 atom stereocenters. The van der Waals surface area contributed by atoms with E-state index < -0.39 is 0 Å². The number of carbonyl (C=O) groups excluding carboxylic acids is 1. The highest BCUT2D eigenvalue weighted by Crippen LogP contribution is 2.40. The molecule has 0 saturated carbocycles. The van der Waals surface area contributed by atoms with Gasteiger partial charge in [-0.15, -0.1) is 11.3 Å². The summed E-state index contributed by atoms with van der Waals surface area (Å²) in [5.74, 6) is 0.780. The van der Waals surface area contributed by atoms with Crippen molar-refractivity contribution < 1.29 is 9.53 Å². The van der Waals surface area contributed by atoms with E-state index in [9.17, 15) is 4.79 Å². The average Bonchev–Trinajstić information content (AvgIpc) is 3.03. The number of anilines is 2. The summed E-state index contributed by atoms with van der Waals surface area (Å²) in [7, 11) is 1.43. The topological polar surface area (TPSA) is 50.4 Å². The monoisotopic (exact) mass is 416 g/mol. The van der Waals surface area contributed by atoms with Gasteiger partial charge in [-0.1, -0.05) is 39.0 Å². The number of carbonyl (C=O) groups is 1. The molecule has 2 aromatic rings. The first kappa shape index (κ1) is 20.8. The lowest BCUT2D eigenvalue weighted by Gasteiger charge is -2.18. The molecule has 0 fully saturated rings. The Morgan fingerprint density at radius 2 is 2.11 bits per heavy atom. The third-order valence-corrected chi connectivity index (χ3v) is 6.85. The van der Waals surface area contributed by atoms with Crippen LogP contribution in [-0.4, -0.2) is 18.2 Å². The number of thiophene rings is 1. The highest BCUT2D eigenvalue weighted by atomic mass is 32.1. The van der Waals surface area contributed by atoms with Gasteiger partial charge in [0.1, 0.15) is 5.00 Å². The Balaban J connectivity index is 1.84. The first-order valence-electron chi connectivity index (χ1n) is 9.84. The fraction of sp³-hybridized carbons (Fsp3) is 0.455. The lowest BCUT2D eigenvalue weighted by Crippen LogP contribution is -2.21. The lowest BCUT2D eigenvalue weighted by atomic mass is 9.88. The van der Waals surface area contributed by atoms with Gasteiger partial charge in [0.2, 0.25) is 0 Å². The molecular formula is C22H28N2O2S2. The Morgan fingerprint density at radius 3 is 2.82 bits per heavy atom. The summed E-state index contributed by atoms with van der Waals surface area (Å²) in [6.45, 7) is 6.64. The van der Waals surface area contributed by atoms with E-state index in [-0.39, 0.29) is 5.97 Å². The molecule has 1 aliphatic carbocycles. The average molecular weight is 417 g/mol. The van der Waals surface area contributed by atoms with Crippen LogP contribution < -0.4 is 10.6 Å². The van der Waals surface area contributed by atoms with Gasteiger partial charge in [0, 0.05) is 10.6 Å². The quantitative estimate of drug-likeness (QED) is 0.464. The Hall–Kier alpha value is -1.92. The predicted octanol–water partition coefficient (Wildman–Crippen LogP) is 5.98. The van der Waals surface area contributed by atoms with Crippen LogP contribution in [0.2, 0.25) is 0 Å². The third-order valence-electron chi connectivity index (χ3n) is 5.48. The third kappa shape index (κ3) is 4.39. The van der Waals surface area contributed by atoms with Crippen molar-refractivity contribution in [3.8, 4) is 0 Å². The first-order chi connectivity index (χ1) is 13.4. The molecule has 0 aliphatic heterocycles. The van der Waals surface area contributed by atoms with E-state index in [1.165, 1.54) is 17.6 Å². The van der Waals surface area contributed by atoms with Crippen LogP contribution in [0.15, 0.2) is 24.3 Å². The number of para-hydroxylation sites is 1. The van der Waals surface area contributed by atoms with Crippen LogP contribution in [0.25, 0.3) is 0 Å². The van der Waals surface area contributed by atoms with Crippen molar-refractivity contribution >= 4 is 45.3 Å². The molecule has 3 rings (SSSR count). The zero-order valence-corrected chi connectivity index (χ0v) is 18.6. The number of fused-ring (bicyclic) bond motifs is 1. The molecule has 0 amide bonds. The SMILES string of the molecule is CCC(C)c1ccccc1NC(=S)Nc1sc2c(c1C(=O)OC)CCC(C)C2. The van der Waals surface area contributed by atoms with Gasteiger partial charge in [-0.25, -0.2) is 4.79 Å². The maximum atomic E-state index is 12.5. The molecule has 1 aromatic heterocycles. The van der Waals surface area contributed by atoms with Gasteiger partial charge >= 0.3 is 5.97 Å². The van der Waals surface area contributed by atoms with E-state index in [1.54, 1.807) is 11.3 Å². The lowest BCUT2D eigenvalue weighted by molar-refractivity contribution is 0.0601. The van der Waals surface area contributed by atoms with Crippen molar-refractivity contribution in [1.82, 2.24) is 0 Å². The van der Waals surface area contributed by atoms with Crippen LogP contribution in [-0.2, 0) is 17.6 Å². The number of methoxy groups -OCH3 is 1. The Bertz CT molecular complexity index is 875. The number of esters is 1. The molecule has 2 unspecified atom stereocenters. The maximum Gasteiger partial charge on any atom is 0.341 e. The summed E-state index contributed by atoms with van der Waals surface area (Å²) in [5.41, 5.74) is 4.01. The summed E-state index contributed by atoms with van der Waals surface area (Å²) in [6.07, 6.45) is 4.07. The van der Waals surface area contributed by atoms with Crippen molar-refractivity contribution in [2.24, 2.45) is 5.92 Å². The summed E-state index contributed by atoms with van der Waals surface area (Å²) >= 11 is 7.20. The van der Waals surface area contributed by atoms with Gasteiger partial charge in [-0.05, 0) is 66.9 Å². The molecule has 1 heterocycles. The summed E-state index contributed by atoms with van der Waals surface area (Å²) in [5, 5.41) is 7.87. The molecule has 0 saturated heterocycles. The van der Waals surface area contributed by atoms with Crippen molar-refractivity contribution in [3.05, 3.63) is 45.8 Å². The molecule has 150 valence electrons. The second kappa shape index (κ2) is 9.05. The number of thiocarbonyl (C=S) groups is 1. The van der Waals surface area contributed by atoms with Gasteiger partial charge in [0.05, 0.1) is 12.7 Å². The standard InChI is InChI=1S/C22H28N2O2S2/c1-5-14(3)15-8-6-7-9-17(15)23-22(27)24-20-19(21(25)26-4)16-11-10-13(2)12-18(16)28-20/h6-9,13-14H,5,10-12H2,1-4H3,(H2,23,24,27). The van der Waals surface area contributed by atoms with Gasteiger partial charge in [-0.3, -0.25) is 0 Å². The smallest absolute Gasteiger partial charge is 0.341 e. The number of rotatable bonds is 5. The highest BCUT2D eigenvalue weighted by Gasteiger charge is 2.28. The minimum Gasteiger partial charge on any atom is -0.465 e. The summed E-state index contributed by atoms with van der Waals surface area (Å²) in [6, 6.07) is 8.22. The molecule has 0 radical (unpaired) electrons. The molecule has 1 aliphatic rings. The largest absolute Gasteiger partial charge is 0.465 e. The van der Waals surface area contributed by atoms with Crippen molar-refractivity contribution in [2.45, 2.75) is 52.4 Å². The van der Waals surface area contributed by atoms with Crippen LogP contribution in [0, 0.1) is 5.92 Å². The van der Waals surface area contributed by atoms with E-state index in [1.807, 2.05) is 18.2 Å². The Morgan fingerprint density at radius 1 is 1.36 bits per heavy atom. The van der Waals surface area contributed by atoms with Gasteiger partial charge in [0.15, 0.2) is 5.11 Å². The van der Waals surface area contributed by atoms with Crippen LogP contribution in [0.4, 0.5) is 10.7 Å². The van der Waals surface area contributed by atoms with Crippen molar-refractivity contribution in [3.63, 3.8) is 0 Å². The zero-order valence-electron chi connectivity index (χ0n) is 16.9. The molecule has 0 bridgehead atoms. The van der Waals surface area contributed by atoms with Crippen molar-refractivity contribution in [1.29, 1.82) is 0 Å². The number of nitrogens with one attached hydrogen (secondary N) is 2. The summed E-state index contributed by atoms with van der Waals surface area (Å²) in [4.78, 5) is 13.7. The van der Waals surface area contributed by atoms with E-state index >= 15 is 0 Å². The van der Waals surface area contributed by atoms with Gasteiger partial charge in [0.25, 0.3) is 0 Å². The normalized spacial score (nSPS) is 16.8. The van der Waals surface area contributed by atoms with Crippen LogP contribution in [0.5, 0.6) is 0 Å². The maximum absolute atomic E-state index is 12.5. The zero-order chi connectivity index (χ0) is 20.3. The minimum absolute atomic E-state index is 0.294. The van der Waals surface area contributed by atoms with E-state index in [0.717, 1.165) is 41.9 Å². The molecule has 0 spiro atoms. The number of benzene rings is 1. The highest BCUT2D eigenvalue weighted by molar-refractivity contribution is 7.80. The fourth-order valence-electron chi connectivity index (χ4n) is 3.67. The molecule has 6 heteroatoms. The van der Waals surface area contributed by atoms with Crippen LogP contribution >= 0.6 is 23.6 Å². The second-order valence-electron chi connectivity index (χ2n) is 7.52. The van der Waals surface area contributed by atoms with Crippen LogP contribution in [0.3, 0.4) is 0 Å². The Kier molecular flexibility index (Phi) is 6.73.